The molecule has 1 N–H and O–H groups in total. The summed E-state index contributed by atoms with van der Waals surface area (Å²) in [5.41, 5.74) is 5.43. The van der Waals surface area contributed by atoms with Gasteiger partial charge in [-0.25, -0.2) is 9.97 Å². The third kappa shape index (κ3) is 4.70. The number of pyridine rings is 1. The number of nitrogens with one attached hydrogen (secondary N) is 1. The van der Waals surface area contributed by atoms with Crippen molar-refractivity contribution in [1.29, 1.82) is 0 Å². The summed E-state index contributed by atoms with van der Waals surface area (Å²) in [6.07, 6.45) is 3.74. The lowest BCUT2D eigenvalue weighted by atomic mass is 9.93. The first-order valence-electron chi connectivity index (χ1n) is 11.6. The first-order chi connectivity index (χ1) is 17.3. The third-order valence-electron chi connectivity index (χ3n) is 5.92. The molecule has 0 atom stereocenters. The zero-order chi connectivity index (χ0) is 25.3. The minimum Gasteiger partial charge on any atom is -0.481 e. The van der Waals surface area contributed by atoms with E-state index in [-0.39, 0.29) is 17.7 Å². The molecule has 0 aliphatic carbocycles. The molecule has 8 nitrogen and oxygen atoms in total. The molecule has 0 fully saturated rings. The summed E-state index contributed by atoms with van der Waals surface area (Å²) in [5, 5.41) is 6.75. The van der Waals surface area contributed by atoms with Crippen LogP contribution in [0.15, 0.2) is 77.7 Å². The average molecular weight is 482 g/mol. The number of anilines is 1. The number of rotatable bonds is 6. The van der Waals surface area contributed by atoms with Crippen molar-refractivity contribution in [2.24, 2.45) is 0 Å². The minimum atomic E-state index is -0.170. The Morgan fingerprint density at radius 3 is 2.58 bits per heavy atom. The number of hydrogen-bond acceptors (Lipinski definition) is 6. The fraction of sp³-hybridized carbons (Fsp3) is 0.214. The molecule has 0 saturated carbocycles. The first kappa shape index (κ1) is 23.3. The second-order valence-electron chi connectivity index (χ2n) is 9.60. The third-order valence-corrected chi connectivity index (χ3v) is 5.92. The van der Waals surface area contributed by atoms with Crippen molar-refractivity contribution in [1.82, 2.24) is 19.7 Å². The second kappa shape index (κ2) is 9.30. The van der Waals surface area contributed by atoms with E-state index in [0.717, 1.165) is 39.2 Å². The van der Waals surface area contributed by atoms with Crippen molar-refractivity contribution in [3.8, 4) is 22.7 Å². The standard InChI is InChI=1S/C28H27N5O3/c1-28(2,3)24-16-25(32-36-24)31-26(34)14-18-7-10-20(11-8-18)33-17-30-22-15-19(9-12-23(22)33)21-6-5-13-29-27(21)35-4/h5-13,15-17H,14H2,1-4H3,(H,31,32,34). The van der Waals surface area contributed by atoms with Crippen molar-refractivity contribution in [2.45, 2.75) is 32.6 Å². The summed E-state index contributed by atoms with van der Waals surface area (Å²) < 4.78 is 12.8. The lowest BCUT2D eigenvalue weighted by Gasteiger charge is -2.12. The topological polar surface area (TPSA) is 95.1 Å². The number of methoxy groups -OCH3 is 1. The van der Waals surface area contributed by atoms with E-state index in [4.69, 9.17) is 9.26 Å². The van der Waals surface area contributed by atoms with Crippen molar-refractivity contribution in [3.63, 3.8) is 0 Å². The molecule has 0 aliphatic rings. The number of imidazole rings is 1. The Balaban J connectivity index is 1.31. The van der Waals surface area contributed by atoms with E-state index < -0.39 is 0 Å². The highest BCUT2D eigenvalue weighted by atomic mass is 16.5. The number of amides is 1. The molecular weight excluding hydrogens is 454 g/mol. The number of hydrogen-bond donors (Lipinski definition) is 1. The van der Waals surface area contributed by atoms with E-state index in [2.05, 4.69) is 20.4 Å². The van der Waals surface area contributed by atoms with Gasteiger partial charge in [-0.2, -0.15) is 0 Å². The van der Waals surface area contributed by atoms with Gasteiger partial charge in [0.05, 0.1) is 24.6 Å². The van der Waals surface area contributed by atoms with Crippen LogP contribution in [0.3, 0.4) is 0 Å². The molecule has 5 aromatic rings. The van der Waals surface area contributed by atoms with Gasteiger partial charge in [0.1, 0.15) is 12.1 Å². The van der Waals surface area contributed by atoms with Crippen molar-refractivity contribution >= 4 is 22.8 Å². The molecule has 0 aliphatic heterocycles. The maximum Gasteiger partial charge on any atom is 0.230 e. The number of aromatic nitrogens is 4. The number of carbonyl (C=O) groups is 1. The fourth-order valence-electron chi connectivity index (χ4n) is 3.99. The minimum absolute atomic E-state index is 0.150. The van der Waals surface area contributed by atoms with Crippen LogP contribution in [-0.2, 0) is 16.6 Å². The molecule has 0 radical (unpaired) electrons. The lowest BCUT2D eigenvalue weighted by Crippen LogP contribution is -2.14. The Hall–Kier alpha value is -4.46. The molecule has 0 bridgehead atoms. The zero-order valence-electron chi connectivity index (χ0n) is 20.6. The van der Waals surface area contributed by atoms with E-state index in [9.17, 15) is 4.79 Å². The van der Waals surface area contributed by atoms with E-state index in [1.165, 1.54) is 0 Å². The SMILES string of the molecule is COc1ncccc1-c1ccc2c(c1)ncn2-c1ccc(CC(=O)Nc2cc(C(C)(C)C)on2)cc1. The summed E-state index contributed by atoms with van der Waals surface area (Å²) in [6.45, 7) is 6.09. The predicted molar refractivity (Wildman–Crippen MR) is 138 cm³/mol. The summed E-state index contributed by atoms with van der Waals surface area (Å²) in [4.78, 5) is 21.4. The summed E-state index contributed by atoms with van der Waals surface area (Å²) in [5.74, 6) is 1.58. The van der Waals surface area contributed by atoms with Crippen LogP contribution >= 0.6 is 0 Å². The van der Waals surface area contributed by atoms with E-state index >= 15 is 0 Å². The van der Waals surface area contributed by atoms with Crippen LogP contribution in [0.1, 0.15) is 32.1 Å². The number of benzene rings is 2. The van der Waals surface area contributed by atoms with Gasteiger partial charge in [0.2, 0.25) is 11.8 Å². The van der Waals surface area contributed by atoms with Crippen molar-refractivity contribution in [2.75, 3.05) is 12.4 Å². The molecule has 8 heteroatoms. The van der Waals surface area contributed by atoms with Gasteiger partial charge in [0.15, 0.2) is 5.82 Å². The summed E-state index contributed by atoms with van der Waals surface area (Å²) in [7, 11) is 1.61. The maximum absolute atomic E-state index is 12.5. The van der Waals surface area contributed by atoms with Gasteiger partial charge in [-0.3, -0.25) is 9.36 Å². The van der Waals surface area contributed by atoms with Crippen molar-refractivity contribution < 1.29 is 14.1 Å². The van der Waals surface area contributed by atoms with Gasteiger partial charge in [-0.05, 0) is 47.5 Å². The van der Waals surface area contributed by atoms with Crippen molar-refractivity contribution in [3.05, 3.63) is 84.5 Å². The quantitative estimate of drug-likeness (QED) is 0.341. The number of nitrogens with zero attached hydrogens (tertiary/aromatic N) is 4. The van der Waals surface area contributed by atoms with Crippen LogP contribution in [0.2, 0.25) is 0 Å². The Morgan fingerprint density at radius 1 is 1.06 bits per heavy atom. The monoisotopic (exact) mass is 481 g/mol. The smallest absolute Gasteiger partial charge is 0.230 e. The number of fused-ring (bicyclic) bond motifs is 1. The molecule has 1 amide bonds. The Bertz CT molecular complexity index is 1530. The Labute approximate surface area is 208 Å². The van der Waals surface area contributed by atoms with E-state index in [1.807, 2.05) is 79.9 Å². The molecule has 36 heavy (non-hydrogen) atoms. The number of ether oxygens (including phenoxy) is 1. The van der Waals surface area contributed by atoms with Gasteiger partial charge in [0, 0.05) is 28.9 Å². The lowest BCUT2D eigenvalue weighted by molar-refractivity contribution is -0.115. The normalized spacial score (nSPS) is 11.6. The van der Waals surface area contributed by atoms with Crippen LogP contribution < -0.4 is 10.1 Å². The Morgan fingerprint density at radius 2 is 1.86 bits per heavy atom. The summed E-state index contributed by atoms with van der Waals surface area (Å²) in [6, 6.07) is 19.6. The molecular formula is C28H27N5O3. The molecule has 5 rings (SSSR count). The second-order valence-corrected chi connectivity index (χ2v) is 9.60. The first-order valence-corrected chi connectivity index (χ1v) is 11.6. The van der Waals surface area contributed by atoms with Crippen LogP contribution in [0, 0.1) is 0 Å². The zero-order valence-corrected chi connectivity index (χ0v) is 20.6. The van der Waals surface area contributed by atoms with Crippen LogP contribution in [0.5, 0.6) is 5.88 Å². The molecule has 182 valence electrons. The van der Waals surface area contributed by atoms with E-state index in [0.29, 0.717) is 11.7 Å². The number of carbonyl (C=O) groups excluding carboxylic acids is 1. The fourth-order valence-corrected chi connectivity index (χ4v) is 3.99. The van der Waals surface area contributed by atoms with E-state index in [1.54, 1.807) is 25.7 Å². The highest BCUT2D eigenvalue weighted by Crippen LogP contribution is 2.30. The largest absolute Gasteiger partial charge is 0.481 e. The van der Waals surface area contributed by atoms with Gasteiger partial charge in [-0.1, -0.05) is 44.1 Å². The molecule has 0 spiro atoms. The maximum atomic E-state index is 12.5. The van der Waals surface area contributed by atoms with Gasteiger partial charge < -0.3 is 14.6 Å². The molecule has 0 saturated heterocycles. The van der Waals surface area contributed by atoms with Gasteiger partial charge >= 0.3 is 0 Å². The van der Waals surface area contributed by atoms with Gasteiger partial charge in [-0.15, -0.1) is 0 Å². The van der Waals surface area contributed by atoms with Crippen LogP contribution in [-0.4, -0.2) is 32.7 Å². The molecule has 0 unspecified atom stereocenters. The summed E-state index contributed by atoms with van der Waals surface area (Å²) >= 11 is 0. The highest BCUT2D eigenvalue weighted by molar-refractivity contribution is 5.91. The van der Waals surface area contributed by atoms with Crippen LogP contribution in [0.25, 0.3) is 27.8 Å². The molecule has 3 aromatic heterocycles. The molecule has 2 aromatic carbocycles. The highest BCUT2D eigenvalue weighted by Gasteiger charge is 2.20. The Kier molecular flexibility index (Phi) is 6.01. The van der Waals surface area contributed by atoms with Crippen LogP contribution in [0.4, 0.5) is 5.82 Å². The predicted octanol–water partition coefficient (Wildman–Crippen LogP) is 5.56. The van der Waals surface area contributed by atoms with Gasteiger partial charge in [0.25, 0.3) is 0 Å². The molecule has 3 heterocycles. The average Bonchev–Trinajstić information content (AvgIpc) is 3.51.